The Morgan fingerprint density at radius 1 is 1.50 bits per heavy atom. The van der Waals surface area contributed by atoms with E-state index < -0.39 is 11.9 Å². The van der Waals surface area contributed by atoms with Gasteiger partial charge in [0.15, 0.2) is 0 Å². The molecular formula is C13H21N3O4. The van der Waals surface area contributed by atoms with Crippen LogP contribution in [0.25, 0.3) is 0 Å². The predicted octanol–water partition coefficient (Wildman–Crippen LogP) is 0.765. The summed E-state index contributed by atoms with van der Waals surface area (Å²) in [5.41, 5.74) is 0. The molecule has 1 heterocycles. The molecule has 20 heavy (non-hydrogen) atoms. The molecule has 1 N–H and O–H groups in total. The van der Waals surface area contributed by atoms with E-state index in [0.717, 1.165) is 0 Å². The number of nitriles is 1. The normalized spacial score (nSPS) is 18.4. The van der Waals surface area contributed by atoms with E-state index in [-0.39, 0.29) is 19.0 Å². The van der Waals surface area contributed by atoms with Gasteiger partial charge in [-0.05, 0) is 12.8 Å². The highest BCUT2D eigenvalue weighted by atomic mass is 16.5. The van der Waals surface area contributed by atoms with Gasteiger partial charge in [-0.25, -0.2) is 4.79 Å². The first-order valence-electron chi connectivity index (χ1n) is 6.72. The molecule has 0 radical (unpaired) electrons. The zero-order valence-electron chi connectivity index (χ0n) is 11.7. The molecule has 7 nitrogen and oxygen atoms in total. The van der Waals surface area contributed by atoms with Crippen LogP contribution >= 0.6 is 0 Å². The number of ether oxygens (including phenoxy) is 1. The standard InChI is InChI=1S/C13H21N3O4/c1-20-9-8-15(7-3-5-14)13(19)16-6-2-4-11(10-16)12(17)18/h11H,2-4,6-10H2,1H3,(H,17,18). The lowest BCUT2D eigenvalue weighted by atomic mass is 9.98. The number of carboxylic acids is 1. The number of carbonyl (C=O) groups excluding carboxylic acids is 1. The lowest BCUT2D eigenvalue weighted by molar-refractivity contribution is -0.143. The SMILES string of the molecule is COCCN(CCC#N)C(=O)N1CCCC(C(=O)O)C1. The Balaban J connectivity index is 2.62. The number of carboxylic acid groups (broad SMARTS) is 1. The second kappa shape index (κ2) is 8.38. The third-order valence-electron chi connectivity index (χ3n) is 3.37. The van der Waals surface area contributed by atoms with Crippen molar-refractivity contribution in [2.24, 2.45) is 5.92 Å². The number of amides is 2. The van der Waals surface area contributed by atoms with Crippen LogP contribution in [0.2, 0.25) is 0 Å². The maximum Gasteiger partial charge on any atom is 0.320 e. The summed E-state index contributed by atoms with van der Waals surface area (Å²) in [4.78, 5) is 26.5. The van der Waals surface area contributed by atoms with E-state index in [9.17, 15) is 9.59 Å². The van der Waals surface area contributed by atoms with Crippen molar-refractivity contribution in [3.05, 3.63) is 0 Å². The second-order valence-electron chi connectivity index (χ2n) is 4.79. The van der Waals surface area contributed by atoms with Crippen LogP contribution in [0.15, 0.2) is 0 Å². The zero-order chi connectivity index (χ0) is 15.0. The molecule has 1 aliphatic heterocycles. The number of hydrogen-bond donors (Lipinski definition) is 1. The van der Waals surface area contributed by atoms with Gasteiger partial charge in [-0.2, -0.15) is 5.26 Å². The number of likely N-dealkylation sites (tertiary alicyclic amines) is 1. The van der Waals surface area contributed by atoms with E-state index in [4.69, 9.17) is 15.1 Å². The monoisotopic (exact) mass is 283 g/mol. The van der Waals surface area contributed by atoms with Gasteiger partial charge in [0.05, 0.1) is 25.0 Å². The highest BCUT2D eigenvalue weighted by Gasteiger charge is 2.30. The summed E-state index contributed by atoms with van der Waals surface area (Å²) in [6.07, 6.45) is 1.56. The van der Waals surface area contributed by atoms with E-state index in [1.165, 1.54) is 0 Å². The van der Waals surface area contributed by atoms with Crippen molar-refractivity contribution < 1.29 is 19.4 Å². The van der Waals surface area contributed by atoms with Gasteiger partial charge in [0.1, 0.15) is 0 Å². The van der Waals surface area contributed by atoms with Crippen LogP contribution < -0.4 is 0 Å². The molecule has 0 spiro atoms. The Morgan fingerprint density at radius 2 is 2.25 bits per heavy atom. The Hall–Kier alpha value is -1.81. The number of piperidine rings is 1. The second-order valence-corrected chi connectivity index (χ2v) is 4.79. The summed E-state index contributed by atoms with van der Waals surface area (Å²) in [7, 11) is 1.55. The van der Waals surface area contributed by atoms with Gasteiger partial charge in [-0.1, -0.05) is 0 Å². The number of nitrogens with zero attached hydrogens (tertiary/aromatic N) is 3. The van der Waals surface area contributed by atoms with Crippen molar-refractivity contribution >= 4 is 12.0 Å². The molecule has 1 saturated heterocycles. The summed E-state index contributed by atoms with van der Waals surface area (Å²) in [6, 6.07) is 1.81. The van der Waals surface area contributed by atoms with E-state index in [1.807, 2.05) is 6.07 Å². The molecule has 0 aromatic rings. The fourth-order valence-electron chi connectivity index (χ4n) is 2.24. The van der Waals surface area contributed by atoms with Crippen molar-refractivity contribution in [1.82, 2.24) is 9.80 Å². The Labute approximate surface area is 118 Å². The first-order chi connectivity index (χ1) is 9.60. The lowest BCUT2D eigenvalue weighted by Gasteiger charge is -2.35. The van der Waals surface area contributed by atoms with Crippen LogP contribution in [0.5, 0.6) is 0 Å². The summed E-state index contributed by atoms with van der Waals surface area (Å²) in [6.45, 7) is 1.95. The molecule has 112 valence electrons. The molecule has 0 bridgehead atoms. The van der Waals surface area contributed by atoms with Gasteiger partial charge in [0, 0.05) is 33.3 Å². The number of rotatable bonds is 6. The minimum atomic E-state index is -0.858. The molecule has 1 unspecified atom stereocenters. The molecule has 1 aliphatic rings. The molecule has 1 fully saturated rings. The highest BCUT2D eigenvalue weighted by molar-refractivity contribution is 5.76. The fourth-order valence-corrected chi connectivity index (χ4v) is 2.24. The topological polar surface area (TPSA) is 93.9 Å². The predicted molar refractivity (Wildman–Crippen MR) is 71.0 cm³/mol. The summed E-state index contributed by atoms with van der Waals surface area (Å²) in [5, 5.41) is 17.7. The number of urea groups is 1. The molecule has 1 rings (SSSR count). The molecule has 0 aromatic heterocycles. The molecule has 1 atom stereocenters. The van der Waals surface area contributed by atoms with Crippen molar-refractivity contribution in [1.29, 1.82) is 5.26 Å². The van der Waals surface area contributed by atoms with Crippen molar-refractivity contribution in [2.75, 3.05) is 39.9 Å². The van der Waals surface area contributed by atoms with Gasteiger partial charge in [0.25, 0.3) is 0 Å². The van der Waals surface area contributed by atoms with E-state index in [1.54, 1.807) is 16.9 Å². The average molecular weight is 283 g/mol. The Kier molecular flexibility index (Phi) is 6.81. The van der Waals surface area contributed by atoms with Crippen molar-refractivity contribution in [2.45, 2.75) is 19.3 Å². The van der Waals surface area contributed by atoms with Crippen LogP contribution in [-0.4, -0.2) is 66.8 Å². The molecule has 7 heteroatoms. The minimum Gasteiger partial charge on any atom is -0.481 e. The Morgan fingerprint density at radius 3 is 2.85 bits per heavy atom. The number of hydrogen-bond acceptors (Lipinski definition) is 4. The maximum absolute atomic E-state index is 12.4. The van der Waals surface area contributed by atoms with Crippen LogP contribution in [0, 0.1) is 17.2 Å². The summed E-state index contributed by atoms with van der Waals surface area (Å²) >= 11 is 0. The van der Waals surface area contributed by atoms with Crippen molar-refractivity contribution in [3.8, 4) is 6.07 Å². The largest absolute Gasteiger partial charge is 0.481 e. The molecule has 0 aliphatic carbocycles. The van der Waals surface area contributed by atoms with Crippen LogP contribution in [0.1, 0.15) is 19.3 Å². The van der Waals surface area contributed by atoms with Gasteiger partial charge >= 0.3 is 12.0 Å². The quantitative estimate of drug-likeness (QED) is 0.777. The summed E-state index contributed by atoms with van der Waals surface area (Å²) in [5.74, 6) is -1.35. The van der Waals surface area contributed by atoms with Crippen LogP contribution in [0.3, 0.4) is 0 Å². The third kappa shape index (κ3) is 4.70. The lowest BCUT2D eigenvalue weighted by Crippen LogP contribution is -2.49. The van der Waals surface area contributed by atoms with Gasteiger partial charge in [0.2, 0.25) is 0 Å². The molecule has 2 amide bonds. The van der Waals surface area contributed by atoms with Crippen molar-refractivity contribution in [3.63, 3.8) is 0 Å². The zero-order valence-corrected chi connectivity index (χ0v) is 11.7. The highest BCUT2D eigenvalue weighted by Crippen LogP contribution is 2.18. The van der Waals surface area contributed by atoms with Crippen LogP contribution in [-0.2, 0) is 9.53 Å². The summed E-state index contributed by atoms with van der Waals surface area (Å²) < 4.78 is 4.96. The first kappa shape index (κ1) is 16.2. The minimum absolute atomic E-state index is 0.205. The molecular weight excluding hydrogens is 262 g/mol. The maximum atomic E-state index is 12.4. The first-order valence-corrected chi connectivity index (χ1v) is 6.72. The van der Waals surface area contributed by atoms with Crippen LogP contribution in [0.4, 0.5) is 4.79 Å². The van der Waals surface area contributed by atoms with Gasteiger partial charge in [-0.15, -0.1) is 0 Å². The van der Waals surface area contributed by atoms with E-state index >= 15 is 0 Å². The molecule has 0 saturated carbocycles. The molecule has 0 aromatic carbocycles. The van der Waals surface area contributed by atoms with E-state index in [2.05, 4.69) is 0 Å². The fraction of sp³-hybridized carbons (Fsp3) is 0.769. The number of aliphatic carboxylic acids is 1. The van der Waals surface area contributed by atoms with E-state index in [0.29, 0.717) is 39.1 Å². The Bertz CT molecular complexity index is 380. The number of methoxy groups -OCH3 is 1. The average Bonchev–Trinajstić information content (AvgIpc) is 2.47. The third-order valence-corrected chi connectivity index (χ3v) is 3.37. The number of carbonyl (C=O) groups is 2. The van der Waals surface area contributed by atoms with Gasteiger partial charge in [-0.3, -0.25) is 4.79 Å². The smallest absolute Gasteiger partial charge is 0.320 e. The van der Waals surface area contributed by atoms with Gasteiger partial charge < -0.3 is 19.6 Å².